The third-order valence-corrected chi connectivity index (χ3v) is 1.43. The molecule has 0 aromatic heterocycles. The second kappa shape index (κ2) is 2.21. The fraction of sp³-hybridized carbons (Fsp3) is 0. The van der Waals surface area contributed by atoms with Gasteiger partial charge in [0.1, 0.15) is 0 Å². The van der Waals surface area contributed by atoms with Gasteiger partial charge < -0.3 is 0 Å². The molecule has 0 aliphatic carbocycles. The molecule has 0 aliphatic rings. The Kier molecular flexibility index (Phi) is 1.56. The van der Waals surface area contributed by atoms with Gasteiger partial charge in [0.2, 0.25) is 0 Å². The van der Waals surface area contributed by atoms with Crippen LogP contribution in [0.2, 0.25) is 0 Å². The minimum absolute atomic E-state index is 0.559. The molecule has 0 bridgehead atoms. The van der Waals surface area contributed by atoms with Crippen LogP contribution in [0.15, 0.2) is 24.3 Å². The first kappa shape index (κ1) is 5.67. The zero-order valence-corrected chi connectivity index (χ0v) is 5.93. The number of rotatable bonds is 0. The summed E-state index contributed by atoms with van der Waals surface area (Å²) in [5.41, 5.74) is 7.64. The maximum absolute atomic E-state index is 7.08. The van der Waals surface area contributed by atoms with Crippen LogP contribution in [0.3, 0.4) is 0 Å². The Morgan fingerprint density at radius 2 is 1.62 bits per heavy atom. The molecule has 1 rings (SSSR count). The van der Waals surface area contributed by atoms with Crippen molar-refractivity contribution in [2.75, 3.05) is 0 Å². The first-order valence-electron chi connectivity index (χ1n) is 2.28. The van der Waals surface area contributed by atoms with Crippen molar-refractivity contribution in [1.29, 1.82) is 0 Å². The van der Waals surface area contributed by atoms with E-state index in [2.05, 4.69) is 16.0 Å². The van der Waals surface area contributed by atoms with Crippen LogP contribution < -0.4 is 4.46 Å². The Bertz CT molecular complexity index is 147. The van der Waals surface area contributed by atoms with Crippen molar-refractivity contribution < 1.29 is 0 Å². The van der Waals surface area contributed by atoms with Crippen molar-refractivity contribution in [2.45, 2.75) is 0 Å². The van der Waals surface area contributed by atoms with Crippen molar-refractivity contribution in [1.82, 2.24) is 0 Å². The van der Waals surface area contributed by atoms with E-state index in [1.165, 1.54) is 0 Å². The van der Waals surface area contributed by atoms with Crippen LogP contribution in [0.1, 0.15) is 0 Å². The van der Waals surface area contributed by atoms with E-state index in [1.807, 2.05) is 12.1 Å². The zero-order chi connectivity index (χ0) is 5.98. The molecule has 1 nitrogen and oxygen atoms in total. The molecule has 0 heterocycles. The summed E-state index contributed by atoms with van der Waals surface area (Å²) in [5, 5.41) is 0. The fourth-order valence-corrected chi connectivity index (χ4v) is 0.740. The molecule has 0 fully saturated rings. The monoisotopic (exact) mass is 171 g/mol. The Morgan fingerprint density at radius 3 is 2.00 bits per heavy atom. The Balaban J connectivity index is 3.03. The first-order valence-corrected chi connectivity index (χ1v) is 3.13. The van der Waals surface area contributed by atoms with E-state index in [0.29, 0.717) is 5.69 Å². The van der Waals surface area contributed by atoms with Gasteiger partial charge in [-0.3, -0.25) is 0 Å². The molecule has 0 saturated carbocycles. The molecule has 0 unspecified atom stereocenters. The molecule has 0 aliphatic heterocycles. The molecule has 0 spiro atoms. The van der Waals surface area contributed by atoms with E-state index < -0.39 is 0 Å². The number of hydrogen-bond donors (Lipinski definition) is 0. The standard InChI is InChI=1S/C6H5NSe/c7-5-1-3-6(8)4-2-5/h1-4,7H/q-1. The SMILES string of the molecule is [NH-]c1ccc([Se])cc1. The molecule has 8 heavy (non-hydrogen) atoms. The van der Waals surface area contributed by atoms with Gasteiger partial charge in [-0.15, -0.1) is 0 Å². The summed E-state index contributed by atoms with van der Waals surface area (Å²) in [7, 11) is 0. The van der Waals surface area contributed by atoms with Gasteiger partial charge in [0, 0.05) is 0 Å². The van der Waals surface area contributed by atoms with E-state index in [0.717, 1.165) is 4.46 Å². The summed E-state index contributed by atoms with van der Waals surface area (Å²) < 4.78 is 1.08. The van der Waals surface area contributed by atoms with Gasteiger partial charge in [-0.1, -0.05) is 0 Å². The summed E-state index contributed by atoms with van der Waals surface area (Å²) in [6.07, 6.45) is 0. The van der Waals surface area contributed by atoms with Crippen molar-refractivity contribution in [3.8, 4) is 0 Å². The van der Waals surface area contributed by atoms with Gasteiger partial charge >= 0.3 is 56.2 Å². The van der Waals surface area contributed by atoms with Gasteiger partial charge in [0.15, 0.2) is 0 Å². The number of nitrogens with one attached hydrogen (secondary N) is 1. The third kappa shape index (κ3) is 1.25. The van der Waals surface area contributed by atoms with Crippen LogP contribution in [0, 0.1) is 0 Å². The topological polar surface area (TPSA) is 23.8 Å². The van der Waals surface area contributed by atoms with Crippen molar-refractivity contribution in [3.63, 3.8) is 0 Å². The van der Waals surface area contributed by atoms with Crippen LogP contribution in [0.25, 0.3) is 5.73 Å². The predicted octanol–water partition coefficient (Wildman–Crippen LogP) is 1.16. The van der Waals surface area contributed by atoms with Crippen molar-refractivity contribution in [3.05, 3.63) is 30.0 Å². The molecule has 0 amide bonds. The van der Waals surface area contributed by atoms with Crippen molar-refractivity contribution >= 4 is 26.2 Å². The molecule has 41 valence electrons. The molecular formula is C6H5NSe-. The van der Waals surface area contributed by atoms with E-state index in [-0.39, 0.29) is 0 Å². The van der Waals surface area contributed by atoms with Gasteiger partial charge in [-0.2, -0.15) is 0 Å². The summed E-state index contributed by atoms with van der Waals surface area (Å²) in [6.45, 7) is 0. The first-order chi connectivity index (χ1) is 3.79. The quantitative estimate of drug-likeness (QED) is 0.522. The van der Waals surface area contributed by atoms with Crippen LogP contribution >= 0.6 is 0 Å². The maximum atomic E-state index is 7.08. The summed E-state index contributed by atoms with van der Waals surface area (Å²) in [6, 6.07) is 7.27. The summed E-state index contributed by atoms with van der Waals surface area (Å²) in [5.74, 6) is 0. The minimum atomic E-state index is 0.559. The Labute approximate surface area is 56.7 Å². The second-order valence-corrected chi connectivity index (χ2v) is 2.51. The fourth-order valence-electron chi connectivity index (χ4n) is 0.455. The third-order valence-electron chi connectivity index (χ3n) is 0.854. The van der Waals surface area contributed by atoms with Crippen LogP contribution in [-0.2, 0) is 0 Å². The van der Waals surface area contributed by atoms with Gasteiger partial charge in [0.25, 0.3) is 0 Å². The average Bonchev–Trinajstić information content (AvgIpc) is 1.77. The normalized spacial score (nSPS) is 9.00. The summed E-state index contributed by atoms with van der Waals surface area (Å²) >= 11 is 2.85. The molecule has 1 aromatic rings. The van der Waals surface area contributed by atoms with Gasteiger partial charge in [-0.05, 0) is 0 Å². The molecule has 1 N–H and O–H groups in total. The van der Waals surface area contributed by atoms with Crippen LogP contribution in [0.5, 0.6) is 0 Å². The Hall–Kier alpha value is -0.461. The van der Waals surface area contributed by atoms with Gasteiger partial charge in [-0.25, -0.2) is 0 Å². The Morgan fingerprint density at radius 1 is 1.12 bits per heavy atom. The molecular weight excluding hydrogens is 165 g/mol. The molecule has 2 heteroatoms. The van der Waals surface area contributed by atoms with E-state index >= 15 is 0 Å². The average molecular weight is 170 g/mol. The number of benzene rings is 1. The zero-order valence-electron chi connectivity index (χ0n) is 4.22. The predicted molar refractivity (Wildman–Crippen MR) is 35.8 cm³/mol. The van der Waals surface area contributed by atoms with Crippen molar-refractivity contribution in [2.24, 2.45) is 0 Å². The second-order valence-electron chi connectivity index (χ2n) is 1.52. The van der Waals surface area contributed by atoms with E-state index in [1.54, 1.807) is 12.1 Å². The molecule has 1 aromatic carbocycles. The number of hydrogen-bond acceptors (Lipinski definition) is 0. The van der Waals surface area contributed by atoms with Crippen LogP contribution in [-0.4, -0.2) is 16.0 Å². The molecule has 1 radical (unpaired) electrons. The molecule has 0 atom stereocenters. The van der Waals surface area contributed by atoms with Gasteiger partial charge in [0.05, 0.1) is 0 Å². The van der Waals surface area contributed by atoms with E-state index in [9.17, 15) is 0 Å². The van der Waals surface area contributed by atoms with Crippen LogP contribution in [0.4, 0.5) is 5.69 Å². The summed E-state index contributed by atoms with van der Waals surface area (Å²) in [4.78, 5) is 0. The van der Waals surface area contributed by atoms with E-state index in [4.69, 9.17) is 5.73 Å². The molecule has 0 saturated heterocycles.